The summed E-state index contributed by atoms with van der Waals surface area (Å²) in [4.78, 5) is 2.57. The molecule has 2 nitrogen and oxygen atoms in total. The van der Waals surface area contributed by atoms with Crippen molar-refractivity contribution in [3.8, 4) is 0 Å². The Kier molecular flexibility index (Phi) is 6.53. The molecule has 1 aromatic carbocycles. The summed E-state index contributed by atoms with van der Waals surface area (Å²) in [7, 11) is 0. The Bertz CT molecular complexity index is 411. The van der Waals surface area contributed by atoms with Crippen LogP contribution in [0.5, 0.6) is 0 Å². The second-order valence-corrected chi connectivity index (χ2v) is 7.14. The first-order valence-electron chi connectivity index (χ1n) is 7.85. The number of rotatable bonds is 6. The van der Waals surface area contributed by atoms with Gasteiger partial charge in [-0.25, -0.2) is 0 Å². The highest BCUT2D eigenvalue weighted by molar-refractivity contribution is 9.10. The van der Waals surface area contributed by atoms with Crippen LogP contribution in [-0.2, 0) is 13.1 Å². The molecule has 0 unspecified atom stereocenters. The molecule has 0 bridgehead atoms. The van der Waals surface area contributed by atoms with Crippen LogP contribution in [0.2, 0.25) is 0 Å². The van der Waals surface area contributed by atoms with Crippen LogP contribution < -0.4 is 5.32 Å². The molecule has 2 rings (SSSR count). The molecular weight excluding hydrogens is 312 g/mol. The predicted octanol–water partition coefficient (Wildman–Crippen LogP) is 4.18. The molecule has 3 heteroatoms. The summed E-state index contributed by atoms with van der Waals surface area (Å²) >= 11 is 3.74. The molecule has 0 saturated carbocycles. The third-order valence-electron chi connectivity index (χ3n) is 3.84. The van der Waals surface area contributed by atoms with Crippen molar-refractivity contribution >= 4 is 15.9 Å². The van der Waals surface area contributed by atoms with Crippen LogP contribution in [0.3, 0.4) is 0 Å². The number of nitrogens with one attached hydrogen (secondary N) is 1. The molecule has 0 aliphatic carbocycles. The SMILES string of the molecule is CC(C)CNCc1ccc(CN2CCCCC2)c(Br)c1. The van der Waals surface area contributed by atoms with Gasteiger partial charge in [0.05, 0.1) is 0 Å². The van der Waals surface area contributed by atoms with Crippen molar-refractivity contribution < 1.29 is 0 Å². The van der Waals surface area contributed by atoms with Crippen LogP contribution in [0.4, 0.5) is 0 Å². The molecule has 20 heavy (non-hydrogen) atoms. The molecular formula is C17H27BrN2. The van der Waals surface area contributed by atoms with Gasteiger partial charge in [-0.15, -0.1) is 0 Å². The Morgan fingerprint density at radius 2 is 1.95 bits per heavy atom. The highest BCUT2D eigenvalue weighted by Crippen LogP contribution is 2.22. The molecule has 1 aliphatic rings. The molecule has 0 amide bonds. The quantitative estimate of drug-likeness (QED) is 0.836. The van der Waals surface area contributed by atoms with Crippen LogP contribution in [0.1, 0.15) is 44.2 Å². The number of benzene rings is 1. The molecule has 0 atom stereocenters. The van der Waals surface area contributed by atoms with E-state index >= 15 is 0 Å². The Morgan fingerprint density at radius 3 is 2.60 bits per heavy atom. The van der Waals surface area contributed by atoms with Gasteiger partial charge in [-0.05, 0) is 55.6 Å². The fourth-order valence-electron chi connectivity index (χ4n) is 2.69. The van der Waals surface area contributed by atoms with E-state index in [1.807, 2.05) is 0 Å². The monoisotopic (exact) mass is 338 g/mol. The summed E-state index contributed by atoms with van der Waals surface area (Å²) in [5, 5.41) is 3.50. The van der Waals surface area contributed by atoms with Crippen LogP contribution in [0, 0.1) is 5.92 Å². The maximum Gasteiger partial charge on any atom is 0.0244 e. The van der Waals surface area contributed by atoms with Gasteiger partial charge in [0.2, 0.25) is 0 Å². The summed E-state index contributed by atoms with van der Waals surface area (Å²) in [6, 6.07) is 6.81. The van der Waals surface area contributed by atoms with Crippen molar-refractivity contribution in [2.75, 3.05) is 19.6 Å². The Hall–Kier alpha value is -0.380. The number of hydrogen-bond donors (Lipinski definition) is 1. The summed E-state index contributed by atoms with van der Waals surface area (Å²) in [6.45, 7) is 10.1. The summed E-state index contributed by atoms with van der Waals surface area (Å²) in [6.07, 6.45) is 4.11. The maximum atomic E-state index is 3.74. The maximum absolute atomic E-state index is 3.74. The molecule has 1 fully saturated rings. The minimum Gasteiger partial charge on any atom is -0.312 e. The molecule has 0 aromatic heterocycles. The lowest BCUT2D eigenvalue weighted by atomic mass is 10.1. The van der Waals surface area contributed by atoms with Gasteiger partial charge in [-0.3, -0.25) is 4.90 Å². The molecule has 0 spiro atoms. The van der Waals surface area contributed by atoms with Gasteiger partial charge in [-0.2, -0.15) is 0 Å². The number of piperidine rings is 1. The van der Waals surface area contributed by atoms with Crippen molar-refractivity contribution in [1.82, 2.24) is 10.2 Å². The van der Waals surface area contributed by atoms with Gasteiger partial charge in [-0.1, -0.05) is 48.3 Å². The normalized spacial score (nSPS) is 16.8. The van der Waals surface area contributed by atoms with Crippen LogP contribution in [0.15, 0.2) is 22.7 Å². The third-order valence-corrected chi connectivity index (χ3v) is 4.58. The number of likely N-dealkylation sites (tertiary alicyclic amines) is 1. The largest absolute Gasteiger partial charge is 0.312 e. The first kappa shape index (κ1) is 16.0. The highest BCUT2D eigenvalue weighted by atomic mass is 79.9. The molecule has 1 saturated heterocycles. The third kappa shape index (κ3) is 5.19. The molecule has 1 heterocycles. The van der Waals surface area contributed by atoms with E-state index < -0.39 is 0 Å². The Balaban J connectivity index is 1.88. The summed E-state index contributed by atoms with van der Waals surface area (Å²) < 4.78 is 1.26. The molecule has 1 N–H and O–H groups in total. The van der Waals surface area contributed by atoms with Crippen LogP contribution >= 0.6 is 15.9 Å². The number of nitrogens with zero attached hydrogens (tertiary/aromatic N) is 1. The standard InChI is InChI=1S/C17H27BrN2/c1-14(2)11-19-12-15-6-7-16(17(18)10-15)13-20-8-4-3-5-9-20/h6-7,10,14,19H,3-5,8-9,11-13H2,1-2H3. The molecule has 0 radical (unpaired) electrons. The predicted molar refractivity (Wildman–Crippen MR) is 89.8 cm³/mol. The minimum atomic E-state index is 0.705. The van der Waals surface area contributed by atoms with Gasteiger partial charge >= 0.3 is 0 Å². The topological polar surface area (TPSA) is 15.3 Å². The Labute approximate surface area is 132 Å². The number of hydrogen-bond acceptors (Lipinski definition) is 2. The first-order chi connectivity index (χ1) is 9.65. The zero-order valence-corrected chi connectivity index (χ0v) is 14.4. The average molecular weight is 339 g/mol. The van der Waals surface area contributed by atoms with E-state index in [2.05, 4.69) is 58.2 Å². The van der Waals surface area contributed by atoms with Crippen molar-refractivity contribution in [2.45, 2.75) is 46.2 Å². The fraction of sp³-hybridized carbons (Fsp3) is 0.647. The zero-order chi connectivity index (χ0) is 14.4. The molecule has 112 valence electrons. The van der Waals surface area contributed by atoms with E-state index in [0.717, 1.165) is 19.6 Å². The summed E-state index contributed by atoms with van der Waals surface area (Å²) in [5.74, 6) is 0.705. The van der Waals surface area contributed by atoms with E-state index in [4.69, 9.17) is 0 Å². The van der Waals surface area contributed by atoms with Crippen molar-refractivity contribution in [3.05, 3.63) is 33.8 Å². The molecule has 1 aliphatic heterocycles. The lowest BCUT2D eigenvalue weighted by Gasteiger charge is -2.26. The van der Waals surface area contributed by atoms with Gasteiger partial charge in [0.25, 0.3) is 0 Å². The van der Waals surface area contributed by atoms with E-state index in [0.29, 0.717) is 5.92 Å². The Morgan fingerprint density at radius 1 is 1.20 bits per heavy atom. The highest BCUT2D eigenvalue weighted by Gasteiger charge is 2.12. The second kappa shape index (κ2) is 8.16. The lowest BCUT2D eigenvalue weighted by Crippen LogP contribution is -2.29. The smallest absolute Gasteiger partial charge is 0.0244 e. The van der Waals surface area contributed by atoms with Crippen molar-refractivity contribution in [1.29, 1.82) is 0 Å². The average Bonchev–Trinajstić information content (AvgIpc) is 2.42. The van der Waals surface area contributed by atoms with E-state index in [1.54, 1.807) is 0 Å². The zero-order valence-electron chi connectivity index (χ0n) is 12.8. The van der Waals surface area contributed by atoms with E-state index in [-0.39, 0.29) is 0 Å². The number of halogens is 1. The second-order valence-electron chi connectivity index (χ2n) is 6.29. The van der Waals surface area contributed by atoms with Gasteiger partial charge in [0.15, 0.2) is 0 Å². The van der Waals surface area contributed by atoms with Crippen molar-refractivity contribution in [2.24, 2.45) is 5.92 Å². The van der Waals surface area contributed by atoms with Crippen molar-refractivity contribution in [3.63, 3.8) is 0 Å². The first-order valence-corrected chi connectivity index (χ1v) is 8.65. The van der Waals surface area contributed by atoms with Gasteiger partial charge in [0.1, 0.15) is 0 Å². The fourth-order valence-corrected chi connectivity index (χ4v) is 3.24. The summed E-state index contributed by atoms with van der Waals surface area (Å²) in [5.41, 5.74) is 2.78. The van der Waals surface area contributed by atoms with Crippen LogP contribution in [0.25, 0.3) is 0 Å². The van der Waals surface area contributed by atoms with Gasteiger partial charge in [0, 0.05) is 17.6 Å². The van der Waals surface area contributed by atoms with Gasteiger partial charge < -0.3 is 5.32 Å². The van der Waals surface area contributed by atoms with Crippen LogP contribution in [-0.4, -0.2) is 24.5 Å². The molecule has 1 aromatic rings. The van der Waals surface area contributed by atoms with E-state index in [9.17, 15) is 0 Å². The lowest BCUT2D eigenvalue weighted by molar-refractivity contribution is 0.220. The van der Waals surface area contributed by atoms with E-state index in [1.165, 1.54) is 48.0 Å². The minimum absolute atomic E-state index is 0.705.